The van der Waals surface area contributed by atoms with E-state index in [4.69, 9.17) is 0 Å². The Balaban J connectivity index is 1.97. The summed E-state index contributed by atoms with van der Waals surface area (Å²) in [6, 6.07) is 1.54. The van der Waals surface area contributed by atoms with Gasteiger partial charge in [0.2, 0.25) is 16.0 Å². The molecule has 0 saturated heterocycles. The highest BCUT2D eigenvalue weighted by Gasteiger charge is 2.29. The molecule has 26 heavy (non-hydrogen) atoms. The molecule has 0 spiro atoms. The summed E-state index contributed by atoms with van der Waals surface area (Å²) in [6.45, 7) is 4.03. The van der Waals surface area contributed by atoms with E-state index in [1.165, 1.54) is 6.07 Å². The minimum absolute atomic E-state index is 0.143. The van der Waals surface area contributed by atoms with Gasteiger partial charge in [-0.25, -0.2) is 18.1 Å². The van der Waals surface area contributed by atoms with E-state index >= 15 is 0 Å². The molecule has 1 atom stereocenters. The monoisotopic (exact) mass is 461 g/mol. The molecule has 0 aromatic carbocycles. The highest BCUT2D eigenvalue weighted by atomic mass is 79.9. The van der Waals surface area contributed by atoms with Crippen LogP contribution in [0.4, 0.5) is 17.5 Å². The number of fused-ring (bicyclic) bond motifs is 4. The van der Waals surface area contributed by atoms with Gasteiger partial charge in [-0.3, -0.25) is 0 Å². The van der Waals surface area contributed by atoms with Crippen LogP contribution in [0, 0.1) is 5.92 Å². The second-order valence-electron chi connectivity index (χ2n) is 6.59. The molecular formula is C15H20BrN5O3S2. The van der Waals surface area contributed by atoms with E-state index in [2.05, 4.69) is 41.3 Å². The van der Waals surface area contributed by atoms with E-state index in [1.54, 1.807) is 25.4 Å². The van der Waals surface area contributed by atoms with E-state index in [9.17, 15) is 13.5 Å². The largest absolute Gasteiger partial charge is 0.390 e. The molecule has 0 amide bonds. The van der Waals surface area contributed by atoms with Crippen LogP contribution in [-0.2, 0) is 10.0 Å². The van der Waals surface area contributed by atoms with E-state index in [-0.39, 0.29) is 16.7 Å². The first-order valence-corrected chi connectivity index (χ1v) is 11.1. The number of rotatable bonds is 1. The average molecular weight is 462 g/mol. The summed E-state index contributed by atoms with van der Waals surface area (Å²) in [7, 11) is -3.65. The predicted octanol–water partition coefficient (Wildman–Crippen LogP) is 2.53. The fourth-order valence-electron chi connectivity index (χ4n) is 2.55. The number of sulfonamides is 1. The molecule has 0 aliphatic carbocycles. The van der Waals surface area contributed by atoms with Crippen LogP contribution in [0.2, 0.25) is 0 Å². The number of hydrogen-bond acceptors (Lipinski definition) is 8. The van der Waals surface area contributed by atoms with Gasteiger partial charge in [-0.05, 0) is 42.3 Å². The molecular weight excluding hydrogens is 442 g/mol. The zero-order valence-electron chi connectivity index (χ0n) is 14.3. The van der Waals surface area contributed by atoms with Crippen LogP contribution in [0.15, 0.2) is 26.3 Å². The Morgan fingerprint density at radius 2 is 2.19 bits per heavy atom. The Bertz CT molecular complexity index is 895. The van der Waals surface area contributed by atoms with Gasteiger partial charge in [-0.2, -0.15) is 4.98 Å². The zero-order chi connectivity index (χ0) is 18.9. The number of halogens is 1. The summed E-state index contributed by atoms with van der Waals surface area (Å²) >= 11 is 4.53. The third-order valence-corrected chi connectivity index (χ3v) is 7.59. The molecule has 2 aromatic heterocycles. The van der Waals surface area contributed by atoms with Gasteiger partial charge in [0.05, 0.1) is 15.8 Å². The Labute approximate surface area is 164 Å². The van der Waals surface area contributed by atoms with E-state index in [0.29, 0.717) is 30.4 Å². The number of aromatic nitrogens is 2. The van der Waals surface area contributed by atoms with Gasteiger partial charge in [-0.15, -0.1) is 11.3 Å². The first-order chi connectivity index (χ1) is 12.1. The lowest BCUT2D eigenvalue weighted by molar-refractivity contribution is 0.0171. The van der Waals surface area contributed by atoms with Crippen molar-refractivity contribution < 1.29 is 13.5 Å². The number of thiophene rings is 1. The topological polar surface area (TPSA) is 116 Å². The van der Waals surface area contributed by atoms with E-state index in [0.717, 1.165) is 15.8 Å². The Morgan fingerprint density at radius 1 is 1.42 bits per heavy atom. The third-order valence-electron chi connectivity index (χ3n) is 4.14. The molecule has 3 rings (SSSR count). The van der Waals surface area contributed by atoms with Gasteiger partial charge in [-0.1, -0.05) is 0 Å². The average Bonchev–Trinajstić information content (AvgIpc) is 3.01. The summed E-state index contributed by atoms with van der Waals surface area (Å²) in [5.41, 5.74) is -0.433. The Morgan fingerprint density at radius 3 is 2.92 bits per heavy atom. The first-order valence-electron chi connectivity index (χ1n) is 7.99. The minimum Gasteiger partial charge on any atom is -0.390 e. The standard InChI is InChI=1S/C15H20BrN5O3S2/c1-15(2,22)9-3-4-17-13-11(16)7-18-14(21-13)20-10-5-12(25-8-10)26(23,24)19-6-9/h5,7-9,19,22H,3-4,6H2,1-2H3,(H2,17,18,20,21). The third kappa shape index (κ3) is 4.52. The molecule has 11 heteroatoms. The fraction of sp³-hybridized carbons (Fsp3) is 0.467. The van der Waals surface area contributed by atoms with Crippen molar-refractivity contribution in [1.82, 2.24) is 14.7 Å². The van der Waals surface area contributed by atoms with Crippen molar-refractivity contribution in [1.29, 1.82) is 0 Å². The quantitative estimate of drug-likeness (QED) is 0.515. The van der Waals surface area contributed by atoms with Crippen LogP contribution >= 0.6 is 27.3 Å². The van der Waals surface area contributed by atoms with Gasteiger partial charge in [0.1, 0.15) is 10.0 Å². The minimum atomic E-state index is -3.65. The van der Waals surface area contributed by atoms with Crippen molar-refractivity contribution in [3.05, 3.63) is 22.1 Å². The van der Waals surface area contributed by atoms with Crippen molar-refractivity contribution >= 4 is 54.7 Å². The fourth-order valence-corrected chi connectivity index (χ4v) is 5.12. The number of aliphatic hydroxyl groups is 1. The molecule has 0 radical (unpaired) electrons. The Kier molecular flexibility index (Phi) is 5.54. The maximum atomic E-state index is 12.5. The highest BCUT2D eigenvalue weighted by Crippen LogP contribution is 2.28. The van der Waals surface area contributed by atoms with Crippen molar-refractivity contribution in [2.24, 2.45) is 5.92 Å². The van der Waals surface area contributed by atoms with Crippen molar-refractivity contribution in [3.8, 4) is 0 Å². The lowest BCUT2D eigenvalue weighted by Gasteiger charge is -2.29. The van der Waals surface area contributed by atoms with Gasteiger partial charge in [0, 0.05) is 30.6 Å². The van der Waals surface area contributed by atoms with E-state index in [1.807, 2.05) is 0 Å². The summed E-state index contributed by atoms with van der Waals surface area (Å²) in [4.78, 5) is 8.61. The molecule has 1 aliphatic heterocycles. The van der Waals surface area contributed by atoms with Gasteiger partial charge in [0.25, 0.3) is 0 Å². The molecule has 1 aliphatic rings. The van der Waals surface area contributed by atoms with Crippen LogP contribution in [0.5, 0.6) is 0 Å². The van der Waals surface area contributed by atoms with Crippen LogP contribution in [0.25, 0.3) is 0 Å². The molecule has 2 aromatic rings. The lowest BCUT2D eigenvalue weighted by atomic mass is 9.88. The highest BCUT2D eigenvalue weighted by molar-refractivity contribution is 9.10. The maximum Gasteiger partial charge on any atom is 0.250 e. The maximum absolute atomic E-state index is 12.5. The van der Waals surface area contributed by atoms with Crippen LogP contribution < -0.4 is 15.4 Å². The van der Waals surface area contributed by atoms with E-state index < -0.39 is 15.6 Å². The molecule has 8 nitrogen and oxygen atoms in total. The molecule has 0 saturated carbocycles. The smallest absolute Gasteiger partial charge is 0.250 e. The van der Waals surface area contributed by atoms with Crippen LogP contribution in [0.3, 0.4) is 0 Å². The summed E-state index contributed by atoms with van der Waals surface area (Å²) < 4.78 is 28.6. The normalized spacial score (nSPS) is 20.5. The summed E-state index contributed by atoms with van der Waals surface area (Å²) in [6.07, 6.45) is 2.18. The van der Waals surface area contributed by atoms with Gasteiger partial charge < -0.3 is 15.7 Å². The second-order valence-corrected chi connectivity index (χ2v) is 10.3. The van der Waals surface area contributed by atoms with Crippen LogP contribution in [-0.4, -0.2) is 42.2 Å². The second kappa shape index (κ2) is 7.39. The van der Waals surface area contributed by atoms with Crippen molar-refractivity contribution in [3.63, 3.8) is 0 Å². The first kappa shape index (κ1) is 19.5. The molecule has 142 valence electrons. The molecule has 3 heterocycles. The molecule has 0 fully saturated rings. The number of nitrogens with zero attached hydrogens (tertiary/aromatic N) is 2. The SMILES string of the molecule is CC(C)(O)C1CCNc2nc(ncc2Br)Nc2csc(c2)S(=O)(=O)NC1. The molecule has 4 bridgehead atoms. The number of nitrogens with one attached hydrogen (secondary N) is 3. The molecule has 1 unspecified atom stereocenters. The number of anilines is 3. The molecule has 4 N–H and O–H groups in total. The summed E-state index contributed by atoms with van der Waals surface area (Å²) in [5.74, 6) is 0.719. The van der Waals surface area contributed by atoms with Crippen molar-refractivity contribution in [2.45, 2.75) is 30.1 Å². The lowest BCUT2D eigenvalue weighted by Crippen LogP contribution is -2.41. The number of hydrogen-bond donors (Lipinski definition) is 4. The van der Waals surface area contributed by atoms with Gasteiger partial charge >= 0.3 is 0 Å². The van der Waals surface area contributed by atoms with Gasteiger partial charge in [0.15, 0.2) is 0 Å². The van der Waals surface area contributed by atoms with Crippen molar-refractivity contribution in [2.75, 3.05) is 23.7 Å². The Hall–Kier alpha value is -1.27. The summed E-state index contributed by atoms with van der Waals surface area (Å²) in [5, 5.41) is 18.3. The zero-order valence-corrected chi connectivity index (χ0v) is 17.5. The predicted molar refractivity (Wildman–Crippen MR) is 105 cm³/mol. The van der Waals surface area contributed by atoms with Crippen LogP contribution in [0.1, 0.15) is 20.3 Å².